The van der Waals surface area contributed by atoms with E-state index in [1.54, 1.807) is 17.9 Å². The van der Waals surface area contributed by atoms with Gasteiger partial charge in [0.25, 0.3) is 0 Å². The predicted molar refractivity (Wildman–Crippen MR) is 81.6 cm³/mol. The third-order valence-corrected chi connectivity index (χ3v) is 4.10. The van der Waals surface area contributed by atoms with E-state index in [0.29, 0.717) is 29.9 Å². The molecule has 2 heterocycles. The first-order chi connectivity index (χ1) is 10.1. The highest BCUT2D eigenvalue weighted by atomic mass is 35.5. The summed E-state index contributed by atoms with van der Waals surface area (Å²) in [6.45, 7) is 2.77. The molecular formula is C16H14ClFN2O. The molecule has 1 aliphatic rings. The summed E-state index contributed by atoms with van der Waals surface area (Å²) >= 11 is 6.13. The van der Waals surface area contributed by atoms with Gasteiger partial charge in [-0.15, -0.1) is 0 Å². The van der Waals surface area contributed by atoms with Gasteiger partial charge in [-0.25, -0.2) is 4.39 Å². The zero-order valence-corrected chi connectivity index (χ0v) is 12.3. The number of fused-ring (bicyclic) bond motifs is 1. The Labute approximate surface area is 127 Å². The molecule has 0 N–H and O–H groups in total. The van der Waals surface area contributed by atoms with Crippen LogP contribution < -0.4 is 0 Å². The predicted octanol–water partition coefficient (Wildman–Crippen LogP) is 3.66. The molecular weight excluding hydrogens is 291 g/mol. The molecule has 1 amide bonds. The van der Waals surface area contributed by atoms with E-state index in [9.17, 15) is 9.18 Å². The molecule has 1 aliphatic heterocycles. The normalized spacial score (nSPS) is 15.2. The summed E-state index contributed by atoms with van der Waals surface area (Å²) < 4.78 is 14.2. The fraction of sp³-hybridized carbons (Fsp3) is 0.250. The molecule has 0 spiro atoms. The lowest BCUT2D eigenvalue weighted by Crippen LogP contribution is -2.32. The molecule has 0 bridgehead atoms. The summed E-state index contributed by atoms with van der Waals surface area (Å²) in [6.07, 6.45) is 4.18. The fourth-order valence-corrected chi connectivity index (χ4v) is 2.78. The van der Waals surface area contributed by atoms with Gasteiger partial charge in [-0.3, -0.25) is 9.78 Å². The third kappa shape index (κ3) is 2.63. The molecule has 0 unspecified atom stereocenters. The van der Waals surface area contributed by atoms with E-state index in [-0.39, 0.29) is 17.2 Å². The number of aromatic nitrogens is 1. The van der Waals surface area contributed by atoms with Gasteiger partial charge in [0.1, 0.15) is 11.3 Å². The highest BCUT2D eigenvalue weighted by Gasteiger charge is 2.16. The minimum atomic E-state index is -0.375. The zero-order valence-electron chi connectivity index (χ0n) is 11.6. The summed E-state index contributed by atoms with van der Waals surface area (Å²) in [7, 11) is 0. The Morgan fingerprint density at radius 2 is 2.24 bits per heavy atom. The highest BCUT2D eigenvalue weighted by Crippen LogP contribution is 2.30. The second-order valence-corrected chi connectivity index (χ2v) is 5.50. The van der Waals surface area contributed by atoms with Crippen molar-refractivity contribution in [2.24, 2.45) is 0 Å². The van der Waals surface area contributed by atoms with Gasteiger partial charge < -0.3 is 4.90 Å². The largest absolute Gasteiger partial charge is 0.339 e. The maximum Gasteiger partial charge on any atom is 0.219 e. The second-order valence-electron chi connectivity index (χ2n) is 5.09. The maximum atomic E-state index is 14.2. The smallest absolute Gasteiger partial charge is 0.219 e. The van der Waals surface area contributed by atoms with Crippen molar-refractivity contribution in [2.45, 2.75) is 13.3 Å². The standard InChI is InChI=1S/C16H14ClFN2O/c1-10(21)20-6-3-11(4-7-20)12-8-13-14(17)2-5-19-16(13)15(18)9-12/h2-3,5,8-9H,4,6-7H2,1H3. The van der Waals surface area contributed by atoms with Crippen molar-refractivity contribution in [3.8, 4) is 0 Å². The van der Waals surface area contributed by atoms with Crippen LogP contribution in [0.3, 0.4) is 0 Å². The van der Waals surface area contributed by atoms with E-state index in [0.717, 1.165) is 11.1 Å². The van der Waals surface area contributed by atoms with Crippen LogP contribution in [0.4, 0.5) is 4.39 Å². The summed E-state index contributed by atoms with van der Waals surface area (Å²) in [6, 6.07) is 5.00. The van der Waals surface area contributed by atoms with Crippen LogP contribution in [0.25, 0.3) is 16.5 Å². The van der Waals surface area contributed by atoms with Crippen molar-refractivity contribution >= 4 is 34.0 Å². The Morgan fingerprint density at radius 1 is 1.43 bits per heavy atom. The molecule has 3 nitrogen and oxygen atoms in total. The van der Waals surface area contributed by atoms with Crippen molar-refractivity contribution in [3.05, 3.63) is 46.9 Å². The van der Waals surface area contributed by atoms with E-state index < -0.39 is 0 Å². The Morgan fingerprint density at radius 3 is 2.90 bits per heavy atom. The number of hydrogen-bond acceptors (Lipinski definition) is 2. The van der Waals surface area contributed by atoms with E-state index >= 15 is 0 Å². The molecule has 0 aliphatic carbocycles. The molecule has 0 saturated heterocycles. The average molecular weight is 305 g/mol. The number of rotatable bonds is 1. The van der Waals surface area contributed by atoms with Crippen LogP contribution in [0, 0.1) is 5.82 Å². The first-order valence-electron chi connectivity index (χ1n) is 6.75. The molecule has 0 radical (unpaired) electrons. The minimum Gasteiger partial charge on any atom is -0.339 e. The van der Waals surface area contributed by atoms with Crippen LogP contribution in [-0.2, 0) is 4.79 Å². The van der Waals surface area contributed by atoms with Gasteiger partial charge >= 0.3 is 0 Å². The third-order valence-electron chi connectivity index (χ3n) is 3.77. The maximum absolute atomic E-state index is 14.2. The molecule has 0 atom stereocenters. The van der Waals surface area contributed by atoms with Gasteiger partial charge in [0.2, 0.25) is 5.91 Å². The SMILES string of the molecule is CC(=O)N1CC=C(c2cc(F)c3nccc(Cl)c3c2)CC1. The fourth-order valence-electron chi connectivity index (χ4n) is 2.58. The number of carbonyl (C=O) groups excluding carboxylic acids is 1. The van der Waals surface area contributed by atoms with Crippen LogP contribution >= 0.6 is 11.6 Å². The molecule has 0 saturated carbocycles. The van der Waals surface area contributed by atoms with Crippen molar-refractivity contribution in [3.63, 3.8) is 0 Å². The molecule has 0 fully saturated rings. The Kier molecular flexibility index (Phi) is 3.64. The lowest BCUT2D eigenvalue weighted by atomic mass is 9.97. The highest BCUT2D eigenvalue weighted by molar-refractivity contribution is 6.35. The number of halogens is 2. The molecule has 3 rings (SSSR count). The summed E-state index contributed by atoms with van der Waals surface area (Å²) in [5.74, 6) is -0.317. The quantitative estimate of drug-likeness (QED) is 0.805. The van der Waals surface area contributed by atoms with Crippen LogP contribution in [0.2, 0.25) is 5.02 Å². The van der Waals surface area contributed by atoms with E-state index in [2.05, 4.69) is 4.98 Å². The van der Waals surface area contributed by atoms with Gasteiger partial charge in [0, 0.05) is 31.6 Å². The Bertz CT molecular complexity index is 757. The Balaban J connectivity index is 2.02. The number of carbonyl (C=O) groups is 1. The van der Waals surface area contributed by atoms with Crippen LogP contribution in [0.1, 0.15) is 18.9 Å². The molecule has 1 aromatic heterocycles. The topological polar surface area (TPSA) is 33.2 Å². The Hall–Kier alpha value is -1.94. The summed E-state index contributed by atoms with van der Waals surface area (Å²) in [4.78, 5) is 17.1. The molecule has 5 heteroatoms. The van der Waals surface area contributed by atoms with Gasteiger partial charge in [-0.05, 0) is 35.8 Å². The molecule has 1 aromatic carbocycles. The lowest BCUT2D eigenvalue weighted by molar-refractivity contribution is -0.128. The molecule has 108 valence electrons. The monoisotopic (exact) mass is 304 g/mol. The summed E-state index contributed by atoms with van der Waals surface area (Å²) in [5.41, 5.74) is 2.12. The average Bonchev–Trinajstić information content (AvgIpc) is 2.48. The number of nitrogens with zero attached hydrogens (tertiary/aromatic N) is 2. The number of hydrogen-bond donors (Lipinski definition) is 0. The summed E-state index contributed by atoms with van der Waals surface area (Å²) in [5, 5.41) is 1.10. The second kappa shape index (κ2) is 5.45. The first kappa shape index (κ1) is 14.0. The molecule has 2 aromatic rings. The van der Waals surface area contributed by atoms with Crippen molar-refractivity contribution in [1.29, 1.82) is 0 Å². The number of amides is 1. The van der Waals surface area contributed by atoms with E-state index in [1.807, 2.05) is 12.1 Å². The number of benzene rings is 1. The van der Waals surface area contributed by atoms with Crippen molar-refractivity contribution < 1.29 is 9.18 Å². The van der Waals surface area contributed by atoms with E-state index in [4.69, 9.17) is 11.6 Å². The van der Waals surface area contributed by atoms with Crippen molar-refractivity contribution in [2.75, 3.05) is 13.1 Å². The van der Waals surface area contributed by atoms with Gasteiger partial charge in [0.05, 0.1) is 5.02 Å². The lowest BCUT2D eigenvalue weighted by Gasteiger charge is -2.25. The molecule has 21 heavy (non-hydrogen) atoms. The van der Waals surface area contributed by atoms with Gasteiger partial charge in [-0.2, -0.15) is 0 Å². The zero-order chi connectivity index (χ0) is 15.0. The van der Waals surface area contributed by atoms with Gasteiger partial charge in [-0.1, -0.05) is 17.7 Å². The minimum absolute atomic E-state index is 0.0576. The first-order valence-corrected chi connectivity index (χ1v) is 7.13. The van der Waals surface area contributed by atoms with E-state index in [1.165, 1.54) is 12.3 Å². The van der Waals surface area contributed by atoms with Crippen LogP contribution in [0.5, 0.6) is 0 Å². The van der Waals surface area contributed by atoms with Crippen molar-refractivity contribution in [1.82, 2.24) is 9.88 Å². The van der Waals surface area contributed by atoms with Gasteiger partial charge in [0.15, 0.2) is 0 Å². The number of pyridine rings is 1. The van der Waals surface area contributed by atoms with Crippen LogP contribution in [-0.4, -0.2) is 28.9 Å². The van der Waals surface area contributed by atoms with Crippen LogP contribution in [0.15, 0.2) is 30.5 Å².